The number of benzene rings is 2. The molecular formula is C25H25N5O2S. The molecule has 5 rings (SSSR count). The van der Waals surface area contributed by atoms with Crippen LogP contribution < -0.4 is 15.1 Å². The average Bonchev–Trinajstić information content (AvgIpc) is 3.39. The molecule has 2 aromatic heterocycles. The molecule has 1 aliphatic rings. The van der Waals surface area contributed by atoms with E-state index < -0.39 is 0 Å². The molecule has 4 aromatic rings. The number of para-hydroxylation sites is 1. The van der Waals surface area contributed by atoms with E-state index in [1.807, 2.05) is 78.0 Å². The van der Waals surface area contributed by atoms with Gasteiger partial charge in [-0.25, -0.2) is 9.97 Å². The van der Waals surface area contributed by atoms with Gasteiger partial charge in [0.15, 0.2) is 5.82 Å². The van der Waals surface area contributed by atoms with Gasteiger partial charge in [-0.1, -0.05) is 18.2 Å². The monoisotopic (exact) mass is 459 g/mol. The number of nitrogens with one attached hydrogen (secondary N) is 1. The van der Waals surface area contributed by atoms with Crippen LogP contribution in [0.5, 0.6) is 0 Å². The van der Waals surface area contributed by atoms with Gasteiger partial charge in [-0.3, -0.25) is 4.79 Å². The number of amides is 1. The summed E-state index contributed by atoms with van der Waals surface area (Å²) >= 11 is 1.60. The van der Waals surface area contributed by atoms with E-state index in [1.165, 1.54) is 0 Å². The molecule has 1 saturated heterocycles. The first-order chi connectivity index (χ1) is 16.2. The highest BCUT2D eigenvalue weighted by molar-refractivity contribution is 7.13. The second-order valence-electron chi connectivity index (χ2n) is 7.92. The van der Waals surface area contributed by atoms with Crippen LogP contribution in [0, 0.1) is 0 Å². The Balaban J connectivity index is 1.31. The predicted molar refractivity (Wildman–Crippen MR) is 134 cm³/mol. The average molecular weight is 460 g/mol. The lowest BCUT2D eigenvalue weighted by Crippen LogP contribution is -2.36. The van der Waals surface area contributed by atoms with Crippen LogP contribution in [0.1, 0.15) is 0 Å². The Labute approximate surface area is 196 Å². The number of morpholine rings is 1. The van der Waals surface area contributed by atoms with Crippen LogP contribution in [0.2, 0.25) is 0 Å². The van der Waals surface area contributed by atoms with Crippen molar-refractivity contribution in [1.82, 2.24) is 9.97 Å². The van der Waals surface area contributed by atoms with E-state index in [0.29, 0.717) is 5.82 Å². The highest BCUT2D eigenvalue weighted by Gasteiger charge is 2.16. The van der Waals surface area contributed by atoms with E-state index in [9.17, 15) is 4.79 Å². The summed E-state index contributed by atoms with van der Waals surface area (Å²) in [6.07, 6.45) is 0. The van der Waals surface area contributed by atoms with E-state index in [-0.39, 0.29) is 12.5 Å². The topological polar surface area (TPSA) is 70.6 Å². The molecule has 2 aromatic carbocycles. The quantitative estimate of drug-likeness (QED) is 0.464. The van der Waals surface area contributed by atoms with E-state index in [2.05, 4.69) is 10.2 Å². The molecule has 1 amide bonds. The Bertz CT molecular complexity index is 1240. The van der Waals surface area contributed by atoms with Crippen molar-refractivity contribution in [2.24, 2.45) is 0 Å². The van der Waals surface area contributed by atoms with E-state index in [4.69, 9.17) is 14.7 Å². The van der Waals surface area contributed by atoms with Gasteiger partial charge in [-0.05, 0) is 47.8 Å². The van der Waals surface area contributed by atoms with Gasteiger partial charge in [0.05, 0.1) is 30.2 Å². The van der Waals surface area contributed by atoms with Gasteiger partial charge in [0, 0.05) is 36.9 Å². The zero-order chi connectivity index (χ0) is 22.6. The molecule has 0 atom stereocenters. The standard InChI is InChI=1S/C25H25N5O2S/c1-29(17-23(31)26-18-8-10-19(11-9-18)30-12-14-32-15-13-30)25-20-5-2-3-6-21(20)27-24(28-25)22-7-4-16-33-22/h2-11,16H,12-15,17H2,1H3,(H,26,31). The van der Waals surface area contributed by atoms with Gasteiger partial charge in [0.2, 0.25) is 5.91 Å². The first-order valence-corrected chi connectivity index (χ1v) is 11.8. The van der Waals surface area contributed by atoms with Crippen LogP contribution in [-0.2, 0) is 9.53 Å². The van der Waals surface area contributed by atoms with Crippen LogP contribution in [0.3, 0.4) is 0 Å². The minimum absolute atomic E-state index is 0.100. The highest BCUT2D eigenvalue weighted by Crippen LogP contribution is 2.29. The molecule has 0 bridgehead atoms. The number of hydrogen-bond donors (Lipinski definition) is 1. The molecule has 168 valence electrons. The van der Waals surface area contributed by atoms with Gasteiger partial charge in [-0.2, -0.15) is 0 Å². The fraction of sp³-hybridized carbons (Fsp3) is 0.240. The number of fused-ring (bicyclic) bond motifs is 1. The molecule has 1 aliphatic heterocycles. The van der Waals surface area contributed by atoms with Gasteiger partial charge >= 0.3 is 0 Å². The SMILES string of the molecule is CN(CC(=O)Nc1ccc(N2CCOCC2)cc1)c1nc(-c2cccs2)nc2ccccc12. The van der Waals surface area contributed by atoms with Crippen molar-refractivity contribution in [3.8, 4) is 10.7 Å². The summed E-state index contributed by atoms with van der Waals surface area (Å²) in [6, 6.07) is 19.8. The molecule has 0 spiro atoms. The second-order valence-corrected chi connectivity index (χ2v) is 8.86. The minimum atomic E-state index is -0.100. The maximum atomic E-state index is 12.8. The number of likely N-dealkylation sites (N-methyl/N-ethyl adjacent to an activating group) is 1. The normalized spacial score (nSPS) is 13.8. The summed E-state index contributed by atoms with van der Waals surface area (Å²) < 4.78 is 5.41. The van der Waals surface area contributed by atoms with Crippen molar-refractivity contribution in [2.75, 3.05) is 55.0 Å². The number of thiophene rings is 1. The van der Waals surface area contributed by atoms with Gasteiger partial charge in [0.1, 0.15) is 5.82 Å². The van der Waals surface area contributed by atoms with Crippen molar-refractivity contribution in [1.29, 1.82) is 0 Å². The number of carbonyl (C=O) groups excluding carboxylic acids is 1. The van der Waals surface area contributed by atoms with Crippen molar-refractivity contribution in [3.63, 3.8) is 0 Å². The van der Waals surface area contributed by atoms with Crippen LogP contribution in [0.25, 0.3) is 21.6 Å². The third kappa shape index (κ3) is 4.81. The smallest absolute Gasteiger partial charge is 0.243 e. The Morgan fingerprint density at radius 3 is 2.61 bits per heavy atom. The molecule has 8 heteroatoms. The molecule has 1 fully saturated rings. The lowest BCUT2D eigenvalue weighted by Gasteiger charge is -2.29. The molecule has 7 nitrogen and oxygen atoms in total. The summed E-state index contributed by atoms with van der Waals surface area (Å²) in [5, 5.41) is 5.93. The largest absolute Gasteiger partial charge is 0.378 e. The summed E-state index contributed by atoms with van der Waals surface area (Å²) in [6.45, 7) is 3.44. The number of carbonyl (C=O) groups is 1. The number of ether oxygens (including phenoxy) is 1. The Morgan fingerprint density at radius 1 is 1.06 bits per heavy atom. The van der Waals surface area contributed by atoms with E-state index >= 15 is 0 Å². The van der Waals surface area contributed by atoms with Crippen LogP contribution in [-0.4, -0.2) is 55.8 Å². The molecular weight excluding hydrogens is 434 g/mol. The number of nitrogens with zero attached hydrogens (tertiary/aromatic N) is 4. The van der Waals surface area contributed by atoms with Crippen LogP contribution in [0.15, 0.2) is 66.0 Å². The van der Waals surface area contributed by atoms with Crippen molar-refractivity contribution < 1.29 is 9.53 Å². The van der Waals surface area contributed by atoms with E-state index in [0.717, 1.165) is 59.3 Å². The van der Waals surface area contributed by atoms with Crippen molar-refractivity contribution in [2.45, 2.75) is 0 Å². The van der Waals surface area contributed by atoms with Crippen LogP contribution in [0.4, 0.5) is 17.2 Å². The number of rotatable bonds is 6. The zero-order valence-corrected chi connectivity index (χ0v) is 19.2. The first kappa shape index (κ1) is 21.4. The third-order valence-corrected chi connectivity index (χ3v) is 6.46. The summed E-state index contributed by atoms with van der Waals surface area (Å²) in [7, 11) is 1.88. The molecule has 0 unspecified atom stereocenters. The fourth-order valence-electron chi connectivity index (χ4n) is 3.93. The molecule has 0 saturated carbocycles. The maximum Gasteiger partial charge on any atom is 0.243 e. The van der Waals surface area contributed by atoms with Gasteiger partial charge in [-0.15, -0.1) is 11.3 Å². The molecule has 0 aliphatic carbocycles. The summed E-state index contributed by atoms with van der Waals surface area (Å²) in [5.41, 5.74) is 2.77. The predicted octanol–water partition coefficient (Wildman–Crippen LogP) is 4.27. The summed E-state index contributed by atoms with van der Waals surface area (Å²) in [5.74, 6) is 1.31. The summed E-state index contributed by atoms with van der Waals surface area (Å²) in [4.78, 5) is 27.5. The minimum Gasteiger partial charge on any atom is -0.378 e. The molecule has 33 heavy (non-hydrogen) atoms. The Hall–Kier alpha value is -3.49. The number of hydrogen-bond acceptors (Lipinski definition) is 7. The van der Waals surface area contributed by atoms with Gasteiger partial charge in [0.25, 0.3) is 0 Å². The van der Waals surface area contributed by atoms with Crippen molar-refractivity contribution >= 4 is 45.3 Å². The lowest BCUT2D eigenvalue weighted by molar-refractivity contribution is -0.114. The first-order valence-electron chi connectivity index (χ1n) is 10.9. The Kier molecular flexibility index (Phi) is 6.19. The molecule has 1 N–H and O–H groups in total. The third-order valence-electron chi connectivity index (χ3n) is 5.59. The number of aromatic nitrogens is 2. The number of anilines is 3. The van der Waals surface area contributed by atoms with E-state index in [1.54, 1.807) is 11.3 Å². The maximum absolute atomic E-state index is 12.8. The molecule has 0 radical (unpaired) electrons. The zero-order valence-electron chi connectivity index (χ0n) is 18.4. The van der Waals surface area contributed by atoms with Crippen LogP contribution >= 0.6 is 11.3 Å². The second kappa shape index (κ2) is 9.56. The molecule has 3 heterocycles. The highest BCUT2D eigenvalue weighted by atomic mass is 32.1. The lowest BCUT2D eigenvalue weighted by atomic mass is 10.2. The fourth-order valence-corrected chi connectivity index (χ4v) is 4.59. The van der Waals surface area contributed by atoms with Gasteiger partial charge < -0.3 is 19.9 Å². The Morgan fingerprint density at radius 2 is 1.85 bits per heavy atom. The van der Waals surface area contributed by atoms with Crippen molar-refractivity contribution in [3.05, 3.63) is 66.0 Å².